The Morgan fingerprint density at radius 3 is 2.36 bits per heavy atom. The van der Waals surface area contributed by atoms with Gasteiger partial charge in [-0.05, 0) is 79.1 Å². The number of methoxy groups -OCH3 is 1. The number of amides is 1. The van der Waals surface area contributed by atoms with Gasteiger partial charge >= 0.3 is 6.09 Å². The predicted molar refractivity (Wildman–Crippen MR) is 144 cm³/mol. The number of fused-ring (bicyclic) bond motifs is 9. The van der Waals surface area contributed by atoms with E-state index in [0.717, 1.165) is 50.5 Å². The molecular weight excluding hydrogens is 492 g/mol. The van der Waals surface area contributed by atoms with Crippen molar-refractivity contribution in [2.45, 2.75) is 111 Å². The van der Waals surface area contributed by atoms with Crippen LogP contribution in [-0.4, -0.2) is 42.0 Å². The summed E-state index contributed by atoms with van der Waals surface area (Å²) in [6.45, 7) is 15.3. The predicted octanol–water partition coefficient (Wildman–Crippen LogP) is 5.53. The zero-order chi connectivity index (χ0) is 28.6. The number of rotatable bonds is 1. The average Bonchev–Trinajstić information content (AvgIpc) is 3.62. The molecule has 7 nitrogen and oxygen atoms in total. The molecule has 0 radical (unpaired) electrons. The minimum absolute atomic E-state index is 0.00367. The van der Waals surface area contributed by atoms with E-state index < -0.39 is 34.2 Å². The summed E-state index contributed by atoms with van der Waals surface area (Å²) in [5, 5.41) is 13.4. The summed E-state index contributed by atoms with van der Waals surface area (Å²) in [5.74, 6) is -0.206. The zero-order valence-electron chi connectivity index (χ0n) is 24.8. The molecule has 7 heteroatoms. The first-order chi connectivity index (χ1) is 18.0. The molecule has 6 aliphatic rings. The SMILES string of the molecule is COC(=O)N[C@]12CCC(C)(C)CC1C1C(=O)C=C3[C@@]4(C)[C@H]5O[C@@]5(C#N)C(=O)C(C)(C)[C@@H]4CC[C@@]3(C)[C@]1(C)CC2. The molecule has 0 aromatic heterocycles. The van der Waals surface area contributed by atoms with E-state index in [2.05, 4.69) is 46.0 Å². The summed E-state index contributed by atoms with van der Waals surface area (Å²) in [6.07, 6.45) is 7.02. The summed E-state index contributed by atoms with van der Waals surface area (Å²) in [7, 11) is 1.40. The number of Topliss-reactive ketones (excluding diaryl/α,β-unsaturated/α-hetero) is 1. The summed E-state index contributed by atoms with van der Waals surface area (Å²) >= 11 is 0. The number of epoxide rings is 1. The number of ether oxygens (including phenoxy) is 2. The molecule has 6 rings (SSSR count). The van der Waals surface area contributed by atoms with Gasteiger partial charge in [0.1, 0.15) is 12.2 Å². The first-order valence-corrected chi connectivity index (χ1v) is 14.8. The third-order valence-corrected chi connectivity index (χ3v) is 13.3. The van der Waals surface area contributed by atoms with Gasteiger partial charge in [0.2, 0.25) is 5.60 Å². The molecule has 0 aromatic carbocycles. The molecule has 1 aliphatic heterocycles. The lowest BCUT2D eigenvalue weighted by Crippen LogP contribution is -2.70. The zero-order valence-corrected chi connectivity index (χ0v) is 24.8. The molecule has 1 amide bonds. The molecule has 1 heterocycles. The molecule has 9 atom stereocenters. The van der Waals surface area contributed by atoms with Gasteiger partial charge in [0, 0.05) is 22.3 Å². The number of nitrogens with one attached hydrogen (secondary N) is 1. The molecule has 2 unspecified atom stereocenters. The van der Waals surface area contributed by atoms with Crippen molar-refractivity contribution in [2.75, 3.05) is 7.11 Å². The highest BCUT2D eigenvalue weighted by Gasteiger charge is 2.82. The van der Waals surface area contributed by atoms with Gasteiger partial charge < -0.3 is 14.8 Å². The van der Waals surface area contributed by atoms with Gasteiger partial charge in [0.05, 0.1) is 7.11 Å². The second-order valence-corrected chi connectivity index (χ2v) is 15.7. The van der Waals surface area contributed by atoms with Crippen molar-refractivity contribution < 1.29 is 23.9 Å². The van der Waals surface area contributed by atoms with Crippen molar-refractivity contribution in [1.29, 1.82) is 5.26 Å². The van der Waals surface area contributed by atoms with Crippen LogP contribution in [0, 0.1) is 56.2 Å². The highest BCUT2D eigenvalue weighted by Crippen LogP contribution is 2.77. The van der Waals surface area contributed by atoms with E-state index in [1.54, 1.807) is 0 Å². The largest absolute Gasteiger partial charge is 0.453 e. The third kappa shape index (κ3) is 3.00. The van der Waals surface area contributed by atoms with E-state index in [9.17, 15) is 19.6 Å². The molecule has 1 N–H and O–H groups in total. The van der Waals surface area contributed by atoms with Crippen LogP contribution in [0.3, 0.4) is 0 Å². The number of nitrogens with zero attached hydrogens (tertiary/aromatic N) is 1. The Bertz CT molecular complexity index is 1260. The Balaban J connectivity index is 1.50. The molecule has 39 heavy (non-hydrogen) atoms. The number of carbonyl (C=O) groups excluding carboxylic acids is 3. The Labute approximate surface area is 232 Å². The van der Waals surface area contributed by atoms with Crippen LogP contribution < -0.4 is 5.32 Å². The highest BCUT2D eigenvalue weighted by atomic mass is 16.6. The molecule has 4 saturated carbocycles. The van der Waals surface area contributed by atoms with Crippen LogP contribution in [0.4, 0.5) is 4.79 Å². The maximum absolute atomic E-state index is 14.5. The van der Waals surface area contributed by atoms with E-state index in [1.807, 2.05) is 19.9 Å². The van der Waals surface area contributed by atoms with Crippen molar-refractivity contribution in [3.8, 4) is 6.07 Å². The minimum Gasteiger partial charge on any atom is -0.453 e. The lowest BCUT2D eigenvalue weighted by Gasteiger charge is -2.69. The van der Waals surface area contributed by atoms with E-state index in [4.69, 9.17) is 9.47 Å². The number of carbonyl (C=O) groups is 3. The van der Waals surface area contributed by atoms with Gasteiger partial charge in [-0.1, -0.05) is 54.0 Å². The second kappa shape index (κ2) is 7.55. The van der Waals surface area contributed by atoms with Crippen molar-refractivity contribution in [1.82, 2.24) is 5.32 Å². The lowest BCUT2D eigenvalue weighted by atomic mass is 9.34. The van der Waals surface area contributed by atoms with E-state index in [0.29, 0.717) is 0 Å². The van der Waals surface area contributed by atoms with Crippen molar-refractivity contribution in [2.24, 2.45) is 44.8 Å². The first kappa shape index (κ1) is 27.0. The van der Waals surface area contributed by atoms with Crippen LogP contribution in [0.15, 0.2) is 11.6 Å². The standard InChI is InChI=1S/C32H44N2O5/c1-26(2)11-13-31(34-25(37)38-8)14-12-29(6)22(18(31)16-26)19(35)15-21-28(29,5)10-9-20-27(3,4)23(36)32(17-33)24(39-32)30(20,21)7/h15,18,20,22,24H,9-14,16H2,1-8H3,(H,34,37)/t18?,20-,22?,24+,28+,29+,30-,31-,32-/m0/s1. The molecule has 0 bridgehead atoms. The van der Waals surface area contributed by atoms with Gasteiger partial charge in [0.25, 0.3) is 0 Å². The number of nitriles is 1. The average molecular weight is 537 g/mol. The second-order valence-electron chi connectivity index (χ2n) is 15.7. The Kier molecular flexibility index (Phi) is 5.22. The van der Waals surface area contributed by atoms with Crippen LogP contribution in [0.25, 0.3) is 0 Å². The van der Waals surface area contributed by atoms with Crippen LogP contribution in [-0.2, 0) is 19.1 Å². The quantitative estimate of drug-likeness (QED) is 0.442. The van der Waals surface area contributed by atoms with Crippen LogP contribution >= 0.6 is 0 Å². The summed E-state index contributed by atoms with van der Waals surface area (Å²) in [5.41, 5.74) is -2.62. The lowest BCUT2D eigenvalue weighted by molar-refractivity contribution is -0.165. The smallest absolute Gasteiger partial charge is 0.407 e. The fourth-order valence-corrected chi connectivity index (χ4v) is 10.9. The van der Waals surface area contributed by atoms with Gasteiger partial charge in [-0.15, -0.1) is 0 Å². The maximum Gasteiger partial charge on any atom is 0.407 e. The molecule has 212 valence electrons. The van der Waals surface area contributed by atoms with Crippen LogP contribution in [0.5, 0.6) is 0 Å². The van der Waals surface area contributed by atoms with E-state index in [1.165, 1.54) is 7.11 Å². The normalized spacial score (nSPS) is 50.5. The Morgan fingerprint density at radius 1 is 1.05 bits per heavy atom. The maximum atomic E-state index is 14.5. The molecule has 0 aromatic rings. The van der Waals surface area contributed by atoms with Gasteiger partial charge in [0.15, 0.2) is 11.6 Å². The molecule has 1 saturated heterocycles. The van der Waals surface area contributed by atoms with Gasteiger partial charge in [-0.25, -0.2) is 4.79 Å². The van der Waals surface area contributed by atoms with E-state index >= 15 is 0 Å². The summed E-state index contributed by atoms with van der Waals surface area (Å²) < 4.78 is 11.2. The topological polar surface area (TPSA) is 109 Å². The van der Waals surface area contributed by atoms with E-state index in [-0.39, 0.29) is 45.6 Å². The first-order valence-electron chi connectivity index (χ1n) is 14.8. The fourth-order valence-electron chi connectivity index (χ4n) is 10.9. The summed E-state index contributed by atoms with van der Waals surface area (Å²) in [6, 6.07) is 2.24. The van der Waals surface area contributed by atoms with Crippen molar-refractivity contribution in [3.63, 3.8) is 0 Å². The third-order valence-electron chi connectivity index (χ3n) is 13.3. The van der Waals surface area contributed by atoms with Crippen LogP contribution in [0.1, 0.15) is 93.4 Å². The molecular formula is C32H44N2O5. The summed E-state index contributed by atoms with van der Waals surface area (Å²) in [4.78, 5) is 40.6. The number of ketones is 2. The van der Waals surface area contributed by atoms with Crippen molar-refractivity contribution >= 4 is 17.7 Å². The number of hydrogen-bond donors (Lipinski definition) is 1. The van der Waals surface area contributed by atoms with Gasteiger partial charge in [-0.3, -0.25) is 9.59 Å². The molecule has 5 fully saturated rings. The molecule has 0 spiro atoms. The van der Waals surface area contributed by atoms with Crippen molar-refractivity contribution in [3.05, 3.63) is 11.6 Å². The Morgan fingerprint density at radius 2 is 1.72 bits per heavy atom. The highest BCUT2D eigenvalue weighted by molar-refractivity contribution is 6.01. The minimum atomic E-state index is -1.41. The number of allylic oxidation sites excluding steroid dienone is 1. The molecule has 5 aliphatic carbocycles. The fraction of sp³-hybridized carbons (Fsp3) is 0.812. The van der Waals surface area contributed by atoms with Gasteiger partial charge in [-0.2, -0.15) is 5.26 Å². The monoisotopic (exact) mass is 536 g/mol. The number of alkyl carbamates (subject to hydrolysis) is 1. The Hall–Kier alpha value is -2.20. The number of hydrogen-bond acceptors (Lipinski definition) is 6. The van der Waals surface area contributed by atoms with Crippen LogP contribution in [0.2, 0.25) is 0 Å².